The van der Waals surface area contributed by atoms with Gasteiger partial charge >= 0.3 is 0 Å². The van der Waals surface area contributed by atoms with Crippen LogP contribution in [0.3, 0.4) is 0 Å². The SMILES string of the molecule is Cc1ccc(C(CNC(=O)CCCN2C(=O)c3ccccc3C2=O)N2CCCC2)cc1. The Morgan fingerprint density at radius 2 is 1.58 bits per heavy atom. The van der Waals surface area contributed by atoms with Gasteiger partial charge in [-0.3, -0.25) is 24.2 Å². The number of likely N-dealkylation sites (tertiary alicyclic amines) is 1. The molecular weight excluding hydrogens is 390 g/mol. The maximum atomic E-state index is 12.5. The molecule has 4 rings (SSSR count). The Kier molecular flexibility index (Phi) is 6.47. The number of rotatable bonds is 8. The van der Waals surface area contributed by atoms with Crippen molar-refractivity contribution >= 4 is 17.7 Å². The predicted octanol–water partition coefficient (Wildman–Crippen LogP) is 3.32. The Bertz CT molecular complexity index is 929. The third-order valence-corrected chi connectivity index (χ3v) is 6.20. The summed E-state index contributed by atoms with van der Waals surface area (Å²) in [6.07, 6.45) is 3.12. The number of carbonyl (C=O) groups excluding carboxylic acids is 3. The summed E-state index contributed by atoms with van der Waals surface area (Å²) in [7, 11) is 0. The molecule has 0 radical (unpaired) electrons. The normalized spacial score (nSPS) is 17.1. The molecular formula is C25H29N3O3. The Morgan fingerprint density at radius 3 is 2.19 bits per heavy atom. The van der Waals surface area contributed by atoms with Crippen molar-refractivity contribution in [2.45, 2.75) is 38.6 Å². The molecule has 31 heavy (non-hydrogen) atoms. The van der Waals surface area contributed by atoms with Gasteiger partial charge in [0, 0.05) is 19.5 Å². The zero-order valence-electron chi connectivity index (χ0n) is 18.0. The van der Waals surface area contributed by atoms with Crippen LogP contribution in [0.15, 0.2) is 48.5 Å². The molecule has 2 heterocycles. The van der Waals surface area contributed by atoms with E-state index in [0.29, 0.717) is 24.1 Å². The maximum absolute atomic E-state index is 12.5. The van der Waals surface area contributed by atoms with Crippen molar-refractivity contribution in [2.24, 2.45) is 0 Å². The topological polar surface area (TPSA) is 69.7 Å². The molecule has 3 amide bonds. The molecule has 0 aliphatic carbocycles. The first-order chi connectivity index (χ1) is 15.0. The molecule has 1 unspecified atom stereocenters. The fraction of sp³-hybridized carbons (Fsp3) is 0.400. The van der Waals surface area contributed by atoms with Gasteiger partial charge in [-0.2, -0.15) is 0 Å². The molecule has 1 N–H and O–H groups in total. The maximum Gasteiger partial charge on any atom is 0.261 e. The number of nitrogens with one attached hydrogen (secondary N) is 1. The second-order valence-corrected chi connectivity index (χ2v) is 8.38. The van der Waals surface area contributed by atoms with Crippen molar-refractivity contribution in [3.05, 3.63) is 70.8 Å². The number of aryl methyl sites for hydroxylation is 1. The van der Waals surface area contributed by atoms with Crippen LogP contribution in [-0.4, -0.2) is 53.7 Å². The van der Waals surface area contributed by atoms with E-state index in [0.717, 1.165) is 13.1 Å². The lowest BCUT2D eigenvalue weighted by Gasteiger charge is -2.28. The number of fused-ring (bicyclic) bond motifs is 1. The summed E-state index contributed by atoms with van der Waals surface area (Å²) in [4.78, 5) is 41.0. The largest absolute Gasteiger partial charge is 0.354 e. The number of benzene rings is 2. The summed E-state index contributed by atoms with van der Waals surface area (Å²) in [6.45, 7) is 5.00. The molecule has 1 atom stereocenters. The quantitative estimate of drug-likeness (QED) is 0.667. The van der Waals surface area contributed by atoms with E-state index in [1.807, 2.05) is 0 Å². The van der Waals surface area contributed by atoms with Gasteiger partial charge in [0.15, 0.2) is 0 Å². The summed E-state index contributed by atoms with van der Waals surface area (Å²) in [6, 6.07) is 15.5. The number of hydrogen-bond donors (Lipinski definition) is 1. The monoisotopic (exact) mass is 419 g/mol. The lowest BCUT2D eigenvalue weighted by Crippen LogP contribution is -2.37. The molecule has 2 aliphatic rings. The van der Waals surface area contributed by atoms with E-state index in [2.05, 4.69) is 41.4 Å². The third-order valence-electron chi connectivity index (χ3n) is 6.20. The fourth-order valence-corrected chi connectivity index (χ4v) is 4.44. The van der Waals surface area contributed by atoms with E-state index in [-0.39, 0.29) is 36.7 Å². The minimum absolute atomic E-state index is 0.0482. The molecule has 0 saturated carbocycles. The van der Waals surface area contributed by atoms with Gasteiger partial charge < -0.3 is 5.32 Å². The summed E-state index contributed by atoms with van der Waals surface area (Å²) >= 11 is 0. The summed E-state index contributed by atoms with van der Waals surface area (Å²) in [5, 5.41) is 3.07. The van der Waals surface area contributed by atoms with Crippen LogP contribution in [0.4, 0.5) is 0 Å². The minimum Gasteiger partial charge on any atom is -0.354 e. The van der Waals surface area contributed by atoms with Crippen molar-refractivity contribution in [2.75, 3.05) is 26.2 Å². The molecule has 1 saturated heterocycles. The second-order valence-electron chi connectivity index (χ2n) is 8.38. The van der Waals surface area contributed by atoms with Crippen LogP contribution in [0, 0.1) is 6.92 Å². The van der Waals surface area contributed by atoms with Crippen molar-refractivity contribution < 1.29 is 14.4 Å². The Morgan fingerprint density at radius 1 is 0.968 bits per heavy atom. The van der Waals surface area contributed by atoms with Crippen LogP contribution < -0.4 is 5.32 Å². The van der Waals surface area contributed by atoms with Crippen molar-refractivity contribution in [1.82, 2.24) is 15.1 Å². The van der Waals surface area contributed by atoms with Crippen LogP contribution in [0.1, 0.15) is 63.6 Å². The molecule has 6 heteroatoms. The highest BCUT2D eigenvalue weighted by Crippen LogP contribution is 2.25. The molecule has 2 aromatic carbocycles. The van der Waals surface area contributed by atoms with Crippen LogP contribution >= 0.6 is 0 Å². The average Bonchev–Trinajstić information content (AvgIpc) is 3.39. The number of hydrogen-bond acceptors (Lipinski definition) is 4. The second kappa shape index (κ2) is 9.43. The number of carbonyl (C=O) groups is 3. The molecule has 2 aliphatic heterocycles. The highest BCUT2D eigenvalue weighted by molar-refractivity contribution is 6.21. The van der Waals surface area contributed by atoms with E-state index in [4.69, 9.17) is 0 Å². The summed E-state index contributed by atoms with van der Waals surface area (Å²) in [5.41, 5.74) is 3.34. The standard InChI is InChI=1S/C25H29N3O3/c1-18-10-12-19(13-11-18)22(27-14-4-5-15-27)17-26-23(29)9-6-16-28-24(30)20-7-2-3-8-21(20)25(28)31/h2-3,7-8,10-13,22H,4-6,9,14-17H2,1H3,(H,26,29). The zero-order chi connectivity index (χ0) is 21.8. The molecule has 0 bridgehead atoms. The van der Waals surface area contributed by atoms with E-state index >= 15 is 0 Å². The van der Waals surface area contributed by atoms with Gasteiger partial charge in [0.25, 0.3) is 11.8 Å². The van der Waals surface area contributed by atoms with Gasteiger partial charge in [0.2, 0.25) is 5.91 Å². The lowest BCUT2D eigenvalue weighted by atomic mass is 10.0. The van der Waals surface area contributed by atoms with Crippen LogP contribution in [0.25, 0.3) is 0 Å². The van der Waals surface area contributed by atoms with Gasteiger partial charge in [0.1, 0.15) is 0 Å². The Balaban J connectivity index is 1.29. The highest BCUT2D eigenvalue weighted by atomic mass is 16.2. The van der Waals surface area contributed by atoms with Gasteiger partial charge in [-0.15, -0.1) is 0 Å². The Hall–Kier alpha value is -2.99. The number of amides is 3. The van der Waals surface area contributed by atoms with Crippen molar-refractivity contribution in [3.8, 4) is 0 Å². The summed E-state index contributed by atoms with van der Waals surface area (Å²) < 4.78 is 0. The van der Waals surface area contributed by atoms with Gasteiger partial charge in [-0.05, 0) is 57.0 Å². The van der Waals surface area contributed by atoms with Crippen LogP contribution in [-0.2, 0) is 4.79 Å². The fourth-order valence-electron chi connectivity index (χ4n) is 4.44. The minimum atomic E-state index is -0.269. The highest BCUT2D eigenvalue weighted by Gasteiger charge is 2.34. The Labute approximate surface area is 183 Å². The third kappa shape index (κ3) is 4.69. The average molecular weight is 420 g/mol. The first-order valence-electron chi connectivity index (χ1n) is 11.1. The number of imide groups is 1. The van der Waals surface area contributed by atoms with Crippen LogP contribution in [0.5, 0.6) is 0 Å². The smallest absolute Gasteiger partial charge is 0.261 e. The molecule has 2 aromatic rings. The van der Waals surface area contributed by atoms with E-state index in [9.17, 15) is 14.4 Å². The van der Waals surface area contributed by atoms with Gasteiger partial charge in [-0.25, -0.2) is 0 Å². The van der Waals surface area contributed by atoms with E-state index < -0.39 is 0 Å². The first-order valence-corrected chi connectivity index (χ1v) is 11.1. The lowest BCUT2D eigenvalue weighted by molar-refractivity contribution is -0.121. The predicted molar refractivity (Wildman–Crippen MR) is 119 cm³/mol. The molecule has 6 nitrogen and oxygen atoms in total. The van der Waals surface area contributed by atoms with Crippen molar-refractivity contribution in [1.29, 1.82) is 0 Å². The first kappa shape index (κ1) is 21.2. The zero-order valence-corrected chi connectivity index (χ0v) is 18.0. The molecule has 0 spiro atoms. The molecule has 162 valence electrons. The summed E-state index contributed by atoms with van der Waals surface area (Å²) in [5.74, 6) is -0.586. The van der Waals surface area contributed by atoms with Crippen LogP contribution in [0.2, 0.25) is 0 Å². The van der Waals surface area contributed by atoms with E-state index in [1.165, 1.54) is 28.9 Å². The number of nitrogens with zero attached hydrogens (tertiary/aromatic N) is 2. The molecule has 1 fully saturated rings. The van der Waals surface area contributed by atoms with E-state index in [1.54, 1.807) is 24.3 Å². The molecule has 0 aromatic heterocycles. The van der Waals surface area contributed by atoms with Crippen molar-refractivity contribution in [3.63, 3.8) is 0 Å². The van der Waals surface area contributed by atoms with Gasteiger partial charge in [-0.1, -0.05) is 42.0 Å². The van der Waals surface area contributed by atoms with Gasteiger partial charge in [0.05, 0.1) is 17.2 Å².